The predicted octanol–water partition coefficient (Wildman–Crippen LogP) is 3.34. The maximum absolute atomic E-state index is 12.2. The van der Waals surface area contributed by atoms with Crippen LogP contribution in [0.3, 0.4) is 0 Å². The molecule has 2 aromatic heterocycles. The van der Waals surface area contributed by atoms with Gasteiger partial charge in [0.2, 0.25) is 0 Å². The van der Waals surface area contributed by atoms with Gasteiger partial charge in [-0.2, -0.15) is 11.3 Å². The van der Waals surface area contributed by atoms with Crippen LogP contribution in [0, 0.1) is 0 Å². The molecular weight excluding hydrogens is 336 g/mol. The molecule has 3 heterocycles. The second-order valence-corrected chi connectivity index (χ2v) is 7.27. The quantitative estimate of drug-likeness (QED) is 0.650. The fourth-order valence-corrected chi connectivity index (χ4v) is 4.08. The minimum absolute atomic E-state index is 0.284. The maximum atomic E-state index is 12.2. The van der Waals surface area contributed by atoms with Gasteiger partial charge < -0.3 is 9.15 Å². The lowest BCUT2D eigenvalue weighted by Gasteiger charge is -2.25. The molecule has 0 amide bonds. The van der Waals surface area contributed by atoms with Gasteiger partial charge in [-0.25, -0.2) is 4.79 Å². The molecule has 0 saturated carbocycles. The number of aromatic nitrogens is 1. The Balaban J connectivity index is 1.49. The predicted molar refractivity (Wildman–Crippen MR) is 99.0 cm³/mol. The van der Waals surface area contributed by atoms with Crippen LogP contribution >= 0.6 is 11.3 Å². The number of para-hydroxylation sites is 2. The molecule has 3 aromatic rings. The highest BCUT2D eigenvalue weighted by molar-refractivity contribution is 7.07. The third-order valence-electron chi connectivity index (χ3n) is 4.69. The Hall–Kier alpha value is -1.89. The van der Waals surface area contributed by atoms with Gasteiger partial charge in [0.05, 0.1) is 11.6 Å². The number of hydrogen-bond acceptors (Lipinski definition) is 5. The largest absolute Gasteiger partial charge is 0.419 e. The van der Waals surface area contributed by atoms with Gasteiger partial charge in [0.25, 0.3) is 0 Å². The number of hydrogen-bond donors (Lipinski definition) is 0. The topological polar surface area (TPSA) is 47.6 Å². The number of ether oxygens (including phenoxy) is 1. The van der Waals surface area contributed by atoms with Gasteiger partial charge in [-0.05, 0) is 47.4 Å². The van der Waals surface area contributed by atoms with E-state index in [1.807, 2.05) is 24.3 Å². The lowest BCUT2D eigenvalue weighted by Crippen LogP contribution is -2.35. The van der Waals surface area contributed by atoms with E-state index in [2.05, 4.69) is 21.7 Å². The Morgan fingerprint density at radius 3 is 3.00 bits per heavy atom. The van der Waals surface area contributed by atoms with Crippen molar-refractivity contribution in [2.45, 2.75) is 32.0 Å². The average Bonchev–Trinajstić information content (AvgIpc) is 3.34. The molecule has 1 aromatic carbocycles. The van der Waals surface area contributed by atoms with E-state index in [-0.39, 0.29) is 5.76 Å². The standard InChI is InChI=1S/C19H22N2O3S/c22-19-21(17-5-1-2-6-18(17)24-19)9-8-20(12-15-7-11-25-14-15)13-16-4-3-10-23-16/h1-2,5-7,11,14,16H,3-4,8-10,12-13H2/t16-/m0/s1. The molecule has 25 heavy (non-hydrogen) atoms. The second-order valence-electron chi connectivity index (χ2n) is 6.49. The third-order valence-corrected chi connectivity index (χ3v) is 5.42. The van der Waals surface area contributed by atoms with E-state index in [4.69, 9.17) is 9.15 Å². The van der Waals surface area contributed by atoms with Gasteiger partial charge in [0.15, 0.2) is 5.58 Å². The first-order valence-electron chi connectivity index (χ1n) is 8.73. The van der Waals surface area contributed by atoms with Crippen molar-refractivity contribution >= 4 is 22.4 Å². The van der Waals surface area contributed by atoms with Gasteiger partial charge in [0.1, 0.15) is 0 Å². The number of nitrogens with zero attached hydrogens (tertiary/aromatic N) is 2. The summed E-state index contributed by atoms with van der Waals surface area (Å²) in [5, 5.41) is 4.29. The molecule has 0 unspecified atom stereocenters. The van der Waals surface area contributed by atoms with Crippen molar-refractivity contribution < 1.29 is 9.15 Å². The van der Waals surface area contributed by atoms with Crippen LogP contribution in [0.15, 0.2) is 50.3 Å². The highest BCUT2D eigenvalue weighted by atomic mass is 32.1. The first-order valence-corrected chi connectivity index (χ1v) is 9.67. The first-order chi connectivity index (χ1) is 12.3. The third kappa shape index (κ3) is 3.86. The van der Waals surface area contributed by atoms with Crippen LogP contribution in [0.2, 0.25) is 0 Å². The fourth-order valence-electron chi connectivity index (χ4n) is 3.42. The molecule has 1 atom stereocenters. The van der Waals surface area contributed by atoms with Crippen molar-refractivity contribution in [1.82, 2.24) is 9.47 Å². The highest BCUT2D eigenvalue weighted by Crippen LogP contribution is 2.17. The summed E-state index contributed by atoms with van der Waals surface area (Å²) < 4.78 is 12.9. The van der Waals surface area contributed by atoms with Crippen LogP contribution in [-0.4, -0.2) is 35.3 Å². The number of rotatable bonds is 7. The summed E-state index contributed by atoms with van der Waals surface area (Å²) in [4.78, 5) is 14.5. The van der Waals surface area contributed by atoms with Crippen LogP contribution in [0.5, 0.6) is 0 Å². The van der Waals surface area contributed by atoms with Crippen molar-refractivity contribution in [3.63, 3.8) is 0 Å². The Bertz CT molecular complexity index is 862. The molecule has 132 valence electrons. The monoisotopic (exact) mass is 358 g/mol. The number of oxazole rings is 1. The van der Waals surface area contributed by atoms with Crippen molar-refractivity contribution in [1.29, 1.82) is 0 Å². The van der Waals surface area contributed by atoms with Crippen molar-refractivity contribution in [3.8, 4) is 0 Å². The molecule has 0 N–H and O–H groups in total. The summed E-state index contributed by atoms with van der Waals surface area (Å²) in [7, 11) is 0. The molecule has 1 aliphatic rings. The van der Waals surface area contributed by atoms with Crippen LogP contribution in [-0.2, 0) is 17.8 Å². The lowest BCUT2D eigenvalue weighted by atomic mass is 10.2. The SMILES string of the molecule is O=c1oc2ccccc2n1CCN(Cc1ccsc1)C[C@@H]1CCCO1. The zero-order chi connectivity index (χ0) is 17.1. The zero-order valence-corrected chi connectivity index (χ0v) is 14.9. The summed E-state index contributed by atoms with van der Waals surface area (Å²) in [6.07, 6.45) is 2.56. The molecule has 0 aliphatic carbocycles. The normalized spacial score (nSPS) is 17.7. The smallest absolute Gasteiger partial charge is 0.408 e. The number of thiophene rings is 1. The fraction of sp³-hybridized carbons (Fsp3) is 0.421. The maximum Gasteiger partial charge on any atom is 0.419 e. The summed E-state index contributed by atoms with van der Waals surface area (Å²) in [6, 6.07) is 9.75. The molecule has 0 spiro atoms. The van der Waals surface area contributed by atoms with E-state index in [0.717, 1.165) is 44.6 Å². The molecule has 1 fully saturated rings. The Kier molecular flexibility index (Phi) is 5.01. The molecule has 5 nitrogen and oxygen atoms in total. The molecule has 6 heteroatoms. The van der Waals surface area contributed by atoms with E-state index in [1.165, 1.54) is 5.56 Å². The van der Waals surface area contributed by atoms with Gasteiger partial charge in [0, 0.05) is 32.8 Å². The van der Waals surface area contributed by atoms with E-state index in [0.29, 0.717) is 18.2 Å². The molecule has 0 radical (unpaired) electrons. The minimum Gasteiger partial charge on any atom is -0.408 e. The zero-order valence-electron chi connectivity index (χ0n) is 14.1. The van der Waals surface area contributed by atoms with Crippen LogP contribution in [0.1, 0.15) is 18.4 Å². The van der Waals surface area contributed by atoms with Crippen LogP contribution in [0.25, 0.3) is 11.1 Å². The number of fused-ring (bicyclic) bond motifs is 1. The molecule has 1 aliphatic heterocycles. The Morgan fingerprint density at radius 1 is 1.28 bits per heavy atom. The van der Waals surface area contributed by atoms with Crippen LogP contribution < -0.4 is 5.76 Å². The summed E-state index contributed by atoms with van der Waals surface area (Å²) in [6.45, 7) is 4.06. The highest BCUT2D eigenvalue weighted by Gasteiger charge is 2.20. The summed E-state index contributed by atoms with van der Waals surface area (Å²) >= 11 is 1.72. The van der Waals surface area contributed by atoms with E-state index in [9.17, 15) is 4.79 Å². The minimum atomic E-state index is -0.284. The van der Waals surface area contributed by atoms with Gasteiger partial charge >= 0.3 is 5.76 Å². The van der Waals surface area contributed by atoms with Crippen LogP contribution in [0.4, 0.5) is 0 Å². The number of benzene rings is 1. The molecule has 4 rings (SSSR count). The molecule has 1 saturated heterocycles. The van der Waals surface area contributed by atoms with E-state index >= 15 is 0 Å². The summed E-state index contributed by atoms with van der Waals surface area (Å²) in [5.74, 6) is -0.284. The van der Waals surface area contributed by atoms with Gasteiger partial charge in [-0.3, -0.25) is 9.47 Å². The van der Waals surface area contributed by atoms with Crippen molar-refractivity contribution in [3.05, 3.63) is 57.2 Å². The first kappa shape index (κ1) is 16.6. The lowest BCUT2D eigenvalue weighted by molar-refractivity contribution is 0.0693. The Labute approximate surface area is 150 Å². The van der Waals surface area contributed by atoms with E-state index < -0.39 is 0 Å². The summed E-state index contributed by atoms with van der Waals surface area (Å²) in [5.41, 5.74) is 2.82. The molecular formula is C19H22N2O3S. The van der Waals surface area contributed by atoms with Gasteiger partial charge in [-0.1, -0.05) is 12.1 Å². The van der Waals surface area contributed by atoms with Crippen molar-refractivity contribution in [2.24, 2.45) is 0 Å². The van der Waals surface area contributed by atoms with Crippen molar-refractivity contribution in [2.75, 3.05) is 19.7 Å². The average molecular weight is 358 g/mol. The van der Waals surface area contributed by atoms with Gasteiger partial charge in [-0.15, -0.1) is 0 Å². The second kappa shape index (κ2) is 7.56. The molecule has 0 bridgehead atoms. The van der Waals surface area contributed by atoms with E-state index in [1.54, 1.807) is 15.9 Å². The Morgan fingerprint density at radius 2 is 2.20 bits per heavy atom.